The Morgan fingerprint density at radius 1 is 1.34 bits per heavy atom. The van der Waals surface area contributed by atoms with Gasteiger partial charge in [-0.25, -0.2) is 0 Å². The first-order valence-electron chi connectivity index (χ1n) is 9.45. The number of H-pyrrole nitrogens is 1. The highest BCUT2D eigenvalue weighted by Crippen LogP contribution is 2.48. The van der Waals surface area contributed by atoms with Crippen LogP contribution in [0, 0.1) is 11.3 Å². The van der Waals surface area contributed by atoms with Crippen LogP contribution in [-0.2, 0) is 0 Å². The molecule has 2 aromatic carbocycles. The molecule has 1 aliphatic rings. The van der Waals surface area contributed by atoms with Crippen LogP contribution in [0.1, 0.15) is 24.0 Å². The molecule has 4 rings (SSSR count). The number of aromatic hydroxyl groups is 1. The van der Waals surface area contributed by atoms with Crippen molar-refractivity contribution in [1.82, 2.24) is 10.2 Å². The maximum Gasteiger partial charge on any atom is 0.244 e. The normalized spacial score (nSPS) is 14.6. The van der Waals surface area contributed by atoms with Crippen LogP contribution in [0.2, 0.25) is 5.02 Å². The van der Waals surface area contributed by atoms with E-state index in [1.807, 2.05) is 24.3 Å². The van der Waals surface area contributed by atoms with E-state index in [2.05, 4.69) is 32.2 Å². The summed E-state index contributed by atoms with van der Waals surface area (Å²) in [6, 6.07) is 12.9. The third kappa shape index (κ3) is 4.39. The van der Waals surface area contributed by atoms with Crippen LogP contribution >= 0.6 is 27.5 Å². The average molecular weight is 520 g/mol. The summed E-state index contributed by atoms with van der Waals surface area (Å²) < 4.78 is 11.7. The third-order valence-electron chi connectivity index (χ3n) is 4.68. The zero-order valence-corrected chi connectivity index (χ0v) is 19.5. The van der Waals surface area contributed by atoms with Gasteiger partial charge in [0.15, 0.2) is 11.5 Å². The van der Waals surface area contributed by atoms with Gasteiger partial charge >= 0.3 is 0 Å². The van der Waals surface area contributed by atoms with Crippen molar-refractivity contribution in [1.29, 1.82) is 5.26 Å². The van der Waals surface area contributed by atoms with E-state index in [4.69, 9.17) is 31.9 Å². The number of hydrogen-bond acceptors (Lipinski definition) is 7. The molecule has 0 amide bonds. The number of aliphatic hydroxyl groups excluding tert-OH is 1. The van der Waals surface area contributed by atoms with Crippen molar-refractivity contribution in [3.63, 3.8) is 0 Å². The zero-order valence-electron chi connectivity index (χ0n) is 17.2. The number of aromatic amines is 1. The number of aliphatic hydroxyl groups is 1. The van der Waals surface area contributed by atoms with Crippen molar-refractivity contribution in [3.05, 3.63) is 68.5 Å². The molecular weight excluding hydrogens is 500 g/mol. The summed E-state index contributed by atoms with van der Waals surface area (Å²) in [7, 11) is 1.42. The van der Waals surface area contributed by atoms with Gasteiger partial charge in [-0.2, -0.15) is 5.26 Å². The third-order valence-corrected chi connectivity index (χ3v) is 5.49. The molecule has 5 N–H and O–H groups in total. The van der Waals surface area contributed by atoms with E-state index >= 15 is 0 Å². The second kappa shape index (κ2) is 9.96. The highest BCUT2D eigenvalue weighted by molar-refractivity contribution is 9.10. The second-order valence-corrected chi connectivity index (χ2v) is 7.94. The Kier molecular flexibility index (Phi) is 7.30. The number of benzene rings is 2. The molecule has 1 unspecified atom stereocenters. The van der Waals surface area contributed by atoms with Crippen molar-refractivity contribution in [2.24, 2.45) is 5.73 Å². The molecule has 0 saturated carbocycles. The molecule has 10 heteroatoms. The molecule has 0 saturated heterocycles. The maximum atomic E-state index is 10.1. The molecule has 166 valence electrons. The van der Waals surface area contributed by atoms with E-state index in [-0.39, 0.29) is 40.5 Å². The van der Waals surface area contributed by atoms with E-state index in [0.29, 0.717) is 16.8 Å². The van der Waals surface area contributed by atoms with Gasteiger partial charge in [0, 0.05) is 16.6 Å². The molecule has 0 aliphatic carbocycles. The molecule has 32 heavy (non-hydrogen) atoms. The highest BCUT2D eigenvalue weighted by Gasteiger charge is 2.36. The molecule has 0 spiro atoms. The van der Waals surface area contributed by atoms with Gasteiger partial charge < -0.3 is 25.4 Å². The lowest BCUT2D eigenvalue weighted by molar-refractivity contribution is 0.318. The van der Waals surface area contributed by atoms with Crippen molar-refractivity contribution in [3.8, 4) is 34.7 Å². The number of nitriles is 1. The SMILES string of the molecule is CCO.COc1cc(C2C(C#N)=C(N)Oc3n[nH]c(-c4ccc(Br)cc4)c32)cc(Cl)c1O. The van der Waals surface area contributed by atoms with Crippen molar-refractivity contribution in [2.75, 3.05) is 13.7 Å². The summed E-state index contributed by atoms with van der Waals surface area (Å²) in [4.78, 5) is 0. The highest BCUT2D eigenvalue weighted by atomic mass is 79.9. The number of nitrogens with two attached hydrogens (primary N) is 1. The minimum atomic E-state index is -0.617. The van der Waals surface area contributed by atoms with Crippen molar-refractivity contribution in [2.45, 2.75) is 12.8 Å². The van der Waals surface area contributed by atoms with Crippen LogP contribution in [-0.4, -0.2) is 34.1 Å². The van der Waals surface area contributed by atoms with E-state index in [0.717, 1.165) is 10.0 Å². The van der Waals surface area contributed by atoms with Gasteiger partial charge in [-0.05, 0) is 36.8 Å². The summed E-state index contributed by atoms with van der Waals surface area (Å²) in [5.41, 5.74) is 8.99. The predicted octanol–water partition coefficient (Wildman–Crippen LogP) is 4.42. The van der Waals surface area contributed by atoms with Gasteiger partial charge in [0.25, 0.3) is 0 Å². The van der Waals surface area contributed by atoms with Crippen LogP contribution in [0.15, 0.2) is 52.3 Å². The summed E-state index contributed by atoms with van der Waals surface area (Å²) in [5, 5.41) is 34.8. The van der Waals surface area contributed by atoms with E-state index in [9.17, 15) is 10.4 Å². The number of halogens is 2. The average Bonchev–Trinajstić information content (AvgIpc) is 3.19. The van der Waals surface area contributed by atoms with Crippen LogP contribution in [0.3, 0.4) is 0 Å². The number of phenolic OH excluding ortho intramolecular Hbond substituents is 1. The second-order valence-electron chi connectivity index (χ2n) is 6.62. The number of aromatic nitrogens is 2. The first kappa shape index (κ1) is 23.5. The number of ether oxygens (including phenoxy) is 2. The Balaban J connectivity index is 0.000000913. The molecule has 1 atom stereocenters. The van der Waals surface area contributed by atoms with E-state index in [1.54, 1.807) is 19.1 Å². The molecule has 0 bridgehead atoms. The first-order chi connectivity index (χ1) is 15.4. The fraction of sp³-hybridized carbons (Fsp3) is 0.182. The number of rotatable bonds is 3. The molecular formula is C22H20BrClN4O4. The summed E-state index contributed by atoms with van der Waals surface area (Å²) in [5.74, 6) is -0.381. The van der Waals surface area contributed by atoms with Gasteiger partial charge in [-0.15, -0.1) is 5.10 Å². The Morgan fingerprint density at radius 3 is 2.59 bits per heavy atom. The Morgan fingerprint density at radius 2 is 2.00 bits per heavy atom. The van der Waals surface area contributed by atoms with Gasteiger partial charge in [0.1, 0.15) is 11.6 Å². The summed E-state index contributed by atoms with van der Waals surface area (Å²) >= 11 is 9.62. The van der Waals surface area contributed by atoms with Gasteiger partial charge in [-0.3, -0.25) is 5.10 Å². The standard InChI is InChI=1S/C20H14BrClN4O3.C2H6O/c1-28-14-7-10(6-13(22)18(14)27)15-12(8-23)19(24)29-20-16(15)17(25-26-20)9-2-4-11(21)5-3-9;1-2-3/h2-7,15,27H,24H2,1H3,(H,25,26);3H,2H2,1H3. The lowest BCUT2D eigenvalue weighted by Crippen LogP contribution is -2.21. The number of nitrogens with one attached hydrogen (secondary N) is 1. The fourth-order valence-electron chi connectivity index (χ4n) is 3.33. The van der Waals surface area contributed by atoms with Gasteiger partial charge in [0.2, 0.25) is 11.8 Å². The fourth-order valence-corrected chi connectivity index (χ4v) is 3.81. The molecule has 1 aromatic heterocycles. The molecule has 3 aromatic rings. The quantitative estimate of drug-likeness (QED) is 0.402. The molecule has 0 radical (unpaired) electrons. The largest absolute Gasteiger partial charge is 0.503 e. The monoisotopic (exact) mass is 518 g/mol. The first-order valence-corrected chi connectivity index (χ1v) is 10.6. The summed E-state index contributed by atoms with van der Waals surface area (Å²) in [6.45, 7) is 1.93. The smallest absolute Gasteiger partial charge is 0.244 e. The number of phenols is 1. The van der Waals surface area contributed by atoms with Crippen LogP contribution in [0.5, 0.6) is 17.4 Å². The molecule has 1 aliphatic heterocycles. The van der Waals surface area contributed by atoms with Gasteiger partial charge in [-0.1, -0.05) is 39.7 Å². The van der Waals surface area contributed by atoms with Crippen LogP contribution in [0.25, 0.3) is 11.3 Å². The van der Waals surface area contributed by atoms with E-state index in [1.165, 1.54) is 7.11 Å². The van der Waals surface area contributed by atoms with Crippen LogP contribution in [0.4, 0.5) is 0 Å². The molecule has 0 fully saturated rings. The number of nitrogens with zero attached hydrogens (tertiary/aromatic N) is 2. The predicted molar refractivity (Wildman–Crippen MR) is 123 cm³/mol. The Labute approximate surface area is 198 Å². The topological polar surface area (TPSA) is 137 Å². The zero-order chi connectivity index (χ0) is 23.4. The minimum Gasteiger partial charge on any atom is -0.503 e. The lowest BCUT2D eigenvalue weighted by Gasteiger charge is -2.24. The number of methoxy groups -OCH3 is 1. The molecule has 8 nitrogen and oxygen atoms in total. The summed E-state index contributed by atoms with van der Waals surface area (Å²) in [6.07, 6.45) is 0. The maximum absolute atomic E-state index is 10.1. The van der Waals surface area contributed by atoms with Crippen molar-refractivity contribution < 1.29 is 19.7 Å². The molecule has 2 heterocycles. The lowest BCUT2D eigenvalue weighted by atomic mass is 9.83. The van der Waals surface area contributed by atoms with Crippen molar-refractivity contribution >= 4 is 27.5 Å². The minimum absolute atomic E-state index is 0.0398. The Bertz CT molecular complexity index is 1200. The van der Waals surface area contributed by atoms with Gasteiger partial charge in [0.05, 0.1) is 29.3 Å². The Hall–Kier alpha value is -3.19. The number of allylic oxidation sites excluding steroid dienone is 1. The van der Waals surface area contributed by atoms with E-state index < -0.39 is 5.92 Å². The number of hydrogen-bond donors (Lipinski definition) is 4. The number of fused-ring (bicyclic) bond motifs is 1. The van der Waals surface area contributed by atoms with Crippen LogP contribution < -0.4 is 15.2 Å².